The van der Waals surface area contributed by atoms with E-state index in [1.54, 1.807) is 41.7 Å². The van der Waals surface area contributed by atoms with Gasteiger partial charge in [-0.3, -0.25) is 4.79 Å². The van der Waals surface area contributed by atoms with Crippen LogP contribution in [0.2, 0.25) is 0 Å². The van der Waals surface area contributed by atoms with Crippen LogP contribution in [-0.4, -0.2) is 34.3 Å². The van der Waals surface area contributed by atoms with E-state index in [1.165, 1.54) is 4.68 Å². The highest BCUT2D eigenvalue weighted by Gasteiger charge is 2.18. The zero-order valence-corrected chi connectivity index (χ0v) is 15.9. The number of benzene rings is 1. The maximum atomic E-state index is 13.2. The topological polar surface area (TPSA) is 83.4 Å². The van der Waals surface area contributed by atoms with Gasteiger partial charge in [0.15, 0.2) is 5.82 Å². The van der Waals surface area contributed by atoms with Crippen LogP contribution in [0.1, 0.15) is 11.4 Å². The standard InChI is InChI=1S/C21H17N7O/c1-14-18-13-25-27(19-8-3-4-9-22-19)21(29)20(18)15(2)26(14)16-6-5-7-17(12-16)28-23-10-11-24-28/h3-13H,1-2H3. The summed E-state index contributed by atoms with van der Waals surface area (Å²) < 4.78 is 3.40. The molecule has 0 spiro atoms. The van der Waals surface area contributed by atoms with Crippen LogP contribution < -0.4 is 5.56 Å². The first-order chi connectivity index (χ1) is 14.1. The van der Waals surface area contributed by atoms with Crippen molar-refractivity contribution in [1.82, 2.24) is 34.3 Å². The Morgan fingerprint density at radius 3 is 2.38 bits per heavy atom. The van der Waals surface area contributed by atoms with Crippen LogP contribution in [0.3, 0.4) is 0 Å². The molecule has 0 radical (unpaired) electrons. The second kappa shape index (κ2) is 6.52. The van der Waals surface area contributed by atoms with E-state index in [9.17, 15) is 4.79 Å². The van der Waals surface area contributed by atoms with Crippen molar-refractivity contribution < 1.29 is 0 Å². The molecule has 5 aromatic rings. The van der Waals surface area contributed by atoms with Gasteiger partial charge in [-0.1, -0.05) is 12.1 Å². The molecule has 8 heteroatoms. The maximum Gasteiger partial charge on any atom is 0.282 e. The summed E-state index contributed by atoms with van der Waals surface area (Å²) in [6.07, 6.45) is 6.65. The lowest BCUT2D eigenvalue weighted by atomic mass is 10.2. The largest absolute Gasteiger partial charge is 0.317 e. The van der Waals surface area contributed by atoms with Crippen LogP contribution in [0.5, 0.6) is 0 Å². The molecule has 4 aromatic heterocycles. The summed E-state index contributed by atoms with van der Waals surface area (Å²) >= 11 is 0. The van der Waals surface area contributed by atoms with Crippen molar-refractivity contribution in [1.29, 1.82) is 0 Å². The zero-order chi connectivity index (χ0) is 20.0. The second-order valence-corrected chi connectivity index (χ2v) is 6.68. The monoisotopic (exact) mass is 383 g/mol. The highest BCUT2D eigenvalue weighted by molar-refractivity contribution is 5.88. The Morgan fingerprint density at radius 2 is 1.62 bits per heavy atom. The predicted molar refractivity (Wildman–Crippen MR) is 109 cm³/mol. The smallest absolute Gasteiger partial charge is 0.282 e. The lowest BCUT2D eigenvalue weighted by Gasteiger charge is -2.10. The molecule has 1 aromatic carbocycles. The van der Waals surface area contributed by atoms with Gasteiger partial charge in [0.05, 0.1) is 29.7 Å². The number of hydrogen-bond donors (Lipinski definition) is 0. The summed E-state index contributed by atoms with van der Waals surface area (Å²) in [6.45, 7) is 3.93. The molecule has 0 aliphatic rings. The maximum absolute atomic E-state index is 13.2. The van der Waals surface area contributed by atoms with Gasteiger partial charge in [-0.2, -0.15) is 24.8 Å². The van der Waals surface area contributed by atoms with Gasteiger partial charge in [0.1, 0.15) is 0 Å². The molecule has 0 unspecified atom stereocenters. The number of pyridine rings is 1. The SMILES string of the molecule is Cc1c2cnn(-c3ccccn3)c(=O)c2c(C)n1-c1cccc(-n2nccn2)c1. The van der Waals surface area contributed by atoms with Gasteiger partial charge >= 0.3 is 0 Å². The molecule has 0 fully saturated rings. The Morgan fingerprint density at radius 1 is 0.828 bits per heavy atom. The summed E-state index contributed by atoms with van der Waals surface area (Å²) in [5, 5.41) is 14.2. The molecule has 0 bridgehead atoms. The van der Waals surface area contributed by atoms with Crippen LogP contribution in [0.15, 0.2) is 72.0 Å². The molecule has 5 rings (SSSR count). The van der Waals surface area contributed by atoms with Gasteiger partial charge in [-0.05, 0) is 44.2 Å². The molecular formula is C21H17N7O. The van der Waals surface area contributed by atoms with E-state index >= 15 is 0 Å². The van der Waals surface area contributed by atoms with Gasteiger partial charge in [-0.15, -0.1) is 0 Å². The number of rotatable bonds is 3. The Balaban J connectivity index is 1.74. The third-order valence-electron chi connectivity index (χ3n) is 5.00. The molecule has 0 saturated heterocycles. The van der Waals surface area contributed by atoms with E-state index in [2.05, 4.69) is 24.8 Å². The van der Waals surface area contributed by atoms with Crippen LogP contribution >= 0.6 is 0 Å². The lowest BCUT2D eigenvalue weighted by molar-refractivity contribution is 0.750. The molecule has 0 amide bonds. The van der Waals surface area contributed by atoms with Crippen molar-refractivity contribution in [2.24, 2.45) is 0 Å². The highest BCUT2D eigenvalue weighted by atomic mass is 16.1. The Bertz CT molecular complexity index is 1380. The average Bonchev–Trinajstić information content (AvgIpc) is 3.37. The third kappa shape index (κ3) is 2.65. The highest BCUT2D eigenvalue weighted by Crippen LogP contribution is 2.27. The normalized spacial score (nSPS) is 11.2. The molecule has 4 heterocycles. The van der Waals surface area contributed by atoms with E-state index in [4.69, 9.17) is 0 Å². The van der Waals surface area contributed by atoms with Gasteiger partial charge in [0, 0.05) is 28.7 Å². The quantitative estimate of drug-likeness (QED) is 0.478. The lowest BCUT2D eigenvalue weighted by Crippen LogP contribution is -2.21. The van der Waals surface area contributed by atoms with E-state index in [0.717, 1.165) is 28.1 Å². The Labute approximate surface area is 165 Å². The average molecular weight is 383 g/mol. The van der Waals surface area contributed by atoms with Gasteiger partial charge in [0.2, 0.25) is 0 Å². The van der Waals surface area contributed by atoms with E-state index in [-0.39, 0.29) is 5.56 Å². The van der Waals surface area contributed by atoms with Gasteiger partial charge in [-0.25, -0.2) is 4.98 Å². The van der Waals surface area contributed by atoms with Gasteiger partial charge < -0.3 is 4.57 Å². The molecule has 8 nitrogen and oxygen atoms in total. The fourth-order valence-electron chi connectivity index (χ4n) is 3.70. The van der Waals surface area contributed by atoms with Crippen LogP contribution in [0.25, 0.3) is 28.0 Å². The van der Waals surface area contributed by atoms with Crippen LogP contribution in [0, 0.1) is 13.8 Å². The van der Waals surface area contributed by atoms with E-state index < -0.39 is 0 Å². The fraction of sp³-hybridized carbons (Fsp3) is 0.0952. The molecule has 0 aliphatic carbocycles. The number of aryl methyl sites for hydroxylation is 2. The molecule has 0 aliphatic heterocycles. The summed E-state index contributed by atoms with van der Waals surface area (Å²) in [6, 6.07) is 13.3. The molecule has 142 valence electrons. The summed E-state index contributed by atoms with van der Waals surface area (Å²) in [7, 11) is 0. The summed E-state index contributed by atoms with van der Waals surface area (Å²) in [4.78, 5) is 19.0. The minimum Gasteiger partial charge on any atom is -0.317 e. The van der Waals surface area contributed by atoms with Crippen LogP contribution in [0.4, 0.5) is 0 Å². The van der Waals surface area contributed by atoms with Crippen molar-refractivity contribution in [3.8, 4) is 17.2 Å². The van der Waals surface area contributed by atoms with Crippen molar-refractivity contribution in [2.45, 2.75) is 13.8 Å². The molecule has 29 heavy (non-hydrogen) atoms. The van der Waals surface area contributed by atoms with Crippen molar-refractivity contribution in [2.75, 3.05) is 0 Å². The number of hydrogen-bond acceptors (Lipinski definition) is 5. The first-order valence-electron chi connectivity index (χ1n) is 9.13. The predicted octanol–water partition coefficient (Wildman–Crippen LogP) is 2.77. The zero-order valence-electron chi connectivity index (χ0n) is 15.9. The summed E-state index contributed by atoms with van der Waals surface area (Å²) in [5.41, 5.74) is 3.37. The van der Waals surface area contributed by atoms with Gasteiger partial charge in [0.25, 0.3) is 5.56 Å². The Hall–Kier alpha value is -4.07. The minimum atomic E-state index is -0.189. The van der Waals surface area contributed by atoms with E-state index in [1.807, 2.05) is 44.2 Å². The number of fused-ring (bicyclic) bond motifs is 1. The first-order valence-corrected chi connectivity index (χ1v) is 9.13. The van der Waals surface area contributed by atoms with Crippen molar-refractivity contribution >= 4 is 10.8 Å². The van der Waals surface area contributed by atoms with Crippen LogP contribution in [-0.2, 0) is 0 Å². The second-order valence-electron chi connectivity index (χ2n) is 6.68. The van der Waals surface area contributed by atoms with Crippen molar-refractivity contribution in [3.05, 3.63) is 89.0 Å². The van der Waals surface area contributed by atoms with E-state index in [0.29, 0.717) is 11.2 Å². The Kier molecular flexibility index (Phi) is 3.83. The summed E-state index contributed by atoms with van der Waals surface area (Å²) in [5.74, 6) is 0.496. The number of aromatic nitrogens is 7. The first kappa shape index (κ1) is 17.1. The molecule has 0 saturated carbocycles. The van der Waals surface area contributed by atoms with Crippen molar-refractivity contribution in [3.63, 3.8) is 0 Å². The fourth-order valence-corrected chi connectivity index (χ4v) is 3.70. The molecular weight excluding hydrogens is 366 g/mol. The molecule has 0 N–H and O–H groups in total. The molecule has 0 atom stereocenters. The third-order valence-corrected chi connectivity index (χ3v) is 5.00. The number of nitrogens with zero attached hydrogens (tertiary/aromatic N) is 7. The minimum absolute atomic E-state index is 0.189.